The number of alkyl halides is 1. The number of aliphatic hydroxyl groups is 2. The molecule has 158 valence electrons. The summed E-state index contributed by atoms with van der Waals surface area (Å²) in [5.74, 6) is -2.72. The van der Waals surface area contributed by atoms with Crippen LogP contribution in [0.5, 0.6) is 0 Å². The molecule has 8 atom stereocenters. The fraction of sp³-hybridized carbons (Fsp3) is 0.682. The number of fused-ring (bicyclic) bond motifs is 5. The van der Waals surface area contributed by atoms with Crippen molar-refractivity contribution in [1.82, 2.24) is 0 Å². The first kappa shape index (κ1) is 20.4. The van der Waals surface area contributed by atoms with Gasteiger partial charge in [-0.2, -0.15) is 0 Å². The summed E-state index contributed by atoms with van der Waals surface area (Å²) < 4.78 is 17.3. The lowest BCUT2D eigenvalue weighted by Gasteiger charge is -2.58. The van der Waals surface area contributed by atoms with Gasteiger partial charge < -0.3 is 14.9 Å². The van der Waals surface area contributed by atoms with Crippen LogP contribution >= 0.6 is 0 Å². The number of hydrogen-bond acceptors (Lipinski definition) is 6. The number of ketones is 2. The summed E-state index contributed by atoms with van der Waals surface area (Å²) in [4.78, 5) is 37.4. The second kappa shape index (κ2) is 6.32. The molecule has 0 unspecified atom stereocenters. The number of halogens is 1. The molecule has 29 heavy (non-hydrogen) atoms. The quantitative estimate of drug-likeness (QED) is 0.680. The van der Waals surface area contributed by atoms with E-state index in [-0.39, 0.29) is 42.2 Å². The molecule has 4 aliphatic carbocycles. The van der Waals surface area contributed by atoms with Crippen LogP contribution in [0.3, 0.4) is 0 Å². The van der Waals surface area contributed by atoms with E-state index < -0.39 is 41.3 Å². The number of hydrogen-bond donors (Lipinski definition) is 2. The van der Waals surface area contributed by atoms with E-state index >= 15 is 0 Å². The van der Waals surface area contributed by atoms with Gasteiger partial charge in [0.25, 0.3) is 0 Å². The topological polar surface area (TPSA) is 101 Å². The Bertz CT molecular complexity index is 848. The van der Waals surface area contributed by atoms with E-state index in [0.29, 0.717) is 12.0 Å². The third-order valence-electron chi connectivity index (χ3n) is 8.41. The molecule has 7 heteroatoms. The Morgan fingerprint density at radius 2 is 2.03 bits per heavy atom. The predicted octanol–water partition coefficient (Wildman–Crippen LogP) is 1.89. The molecule has 0 aromatic heterocycles. The largest absolute Gasteiger partial charge is 0.432 e. The Kier molecular flexibility index (Phi) is 4.45. The van der Waals surface area contributed by atoms with Gasteiger partial charge in [-0.05, 0) is 42.7 Å². The highest BCUT2D eigenvalue weighted by atomic mass is 19.1. The maximum atomic E-state index is 13.0. The van der Waals surface area contributed by atoms with Crippen molar-refractivity contribution >= 4 is 17.5 Å². The van der Waals surface area contributed by atoms with Gasteiger partial charge in [0, 0.05) is 28.7 Å². The summed E-state index contributed by atoms with van der Waals surface area (Å²) in [6.45, 7) is 4.00. The minimum atomic E-state index is -1.94. The average Bonchev–Trinajstić information content (AvgIpc) is 2.84. The number of allylic oxidation sites excluding steroid dienone is 4. The Hall–Kier alpha value is -1.86. The minimum Gasteiger partial charge on any atom is -0.432 e. The van der Waals surface area contributed by atoms with E-state index in [4.69, 9.17) is 0 Å². The number of esters is 1. The van der Waals surface area contributed by atoms with Crippen molar-refractivity contribution in [2.45, 2.75) is 51.7 Å². The van der Waals surface area contributed by atoms with Crippen LogP contribution in [0, 0.1) is 34.5 Å². The smallest absolute Gasteiger partial charge is 0.341 e. The van der Waals surface area contributed by atoms with Crippen molar-refractivity contribution < 1.29 is 33.7 Å². The summed E-state index contributed by atoms with van der Waals surface area (Å²) in [7, 11) is 0. The van der Waals surface area contributed by atoms with Crippen molar-refractivity contribution in [2.75, 3.05) is 6.86 Å². The van der Waals surface area contributed by atoms with Crippen molar-refractivity contribution in [1.29, 1.82) is 0 Å². The molecule has 0 heterocycles. The number of rotatable bonds is 2. The molecular formula is C22H27FO6. The van der Waals surface area contributed by atoms with Gasteiger partial charge in [0.05, 0.1) is 6.10 Å². The first-order chi connectivity index (χ1) is 13.5. The molecule has 0 aromatic rings. The van der Waals surface area contributed by atoms with Crippen molar-refractivity contribution in [3.05, 3.63) is 23.8 Å². The van der Waals surface area contributed by atoms with Crippen LogP contribution in [0.4, 0.5) is 4.39 Å². The maximum absolute atomic E-state index is 13.0. The zero-order chi connectivity index (χ0) is 21.4. The average molecular weight is 406 g/mol. The Morgan fingerprint density at radius 1 is 1.34 bits per heavy atom. The molecule has 3 fully saturated rings. The molecule has 3 saturated carbocycles. The van der Waals surface area contributed by atoms with Crippen LogP contribution in [-0.4, -0.2) is 46.3 Å². The minimum absolute atomic E-state index is 0.125. The highest BCUT2D eigenvalue weighted by molar-refractivity contribution is 6.10. The predicted molar refractivity (Wildman–Crippen MR) is 100.0 cm³/mol. The second-order valence-electron chi connectivity index (χ2n) is 9.63. The second-order valence-corrected chi connectivity index (χ2v) is 9.63. The van der Waals surface area contributed by atoms with Gasteiger partial charge in [-0.15, -0.1) is 0 Å². The van der Waals surface area contributed by atoms with E-state index in [2.05, 4.69) is 4.74 Å². The molecule has 0 aliphatic heterocycles. The maximum Gasteiger partial charge on any atom is 0.341 e. The lowest BCUT2D eigenvalue weighted by molar-refractivity contribution is -0.205. The molecule has 0 radical (unpaired) electrons. The monoisotopic (exact) mass is 406 g/mol. The van der Waals surface area contributed by atoms with Gasteiger partial charge in [0.2, 0.25) is 6.86 Å². The molecule has 4 rings (SSSR count). The molecule has 0 saturated heterocycles. The molecule has 0 spiro atoms. The summed E-state index contributed by atoms with van der Waals surface area (Å²) in [5.41, 5.74) is -3.34. The Morgan fingerprint density at radius 3 is 2.69 bits per heavy atom. The highest BCUT2D eigenvalue weighted by Gasteiger charge is 2.72. The number of ether oxygens (including phenoxy) is 1. The SMILES string of the molecule is C[C@H]1C[C@H]2[C@@H]3CC(=O)C4=CC(=O)C=C[C@]4(C)[C@H]3[C@@H](O)C[C@]2(C)[C@@]1(O)C(=O)OCF. The van der Waals surface area contributed by atoms with E-state index in [1.54, 1.807) is 19.9 Å². The normalized spacial score (nSPS) is 48.5. The van der Waals surface area contributed by atoms with E-state index in [0.717, 1.165) is 0 Å². The standard InChI is InChI=1S/C22H27FO6/c1-11-6-14-13-8-16(25)15-7-12(24)4-5-20(15,2)18(13)17(26)9-21(14,3)22(11,28)19(27)29-10-23/h4-5,7,11,13-14,17-18,26,28H,6,8-10H2,1-3H3/t11-,13-,14-,17-,18+,20-,21-,22-/m0/s1. The first-order valence-electron chi connectivity index (χ1n) is 10.1. The molecule has 0 aromatic carbocycles. The van der Waals surface area contributed by atoms with Gasteiger partial charge >= 0.3 is 5.97 Å². The third-order valence-corrected chi connectivity index (χ3v) is 8.41. The van der Waals surface area contributed by atoms with Gasteiger partial charge in [0.15, 0.2) is 17.2 Å². The molecule has 0 bridgehead atoms. The van der Waals surface area contributed by atoms with Crippen LogP contribution in [0.25, 0.3) is 0 Å². The Balaban J connectivity index is 1.80. The van der Waals surface area contributed by atoms with Crippen LogP contribution < -0.4 is 0 Å². The molecular weight excluding hydrogens is 379 g/mol. The summed E-state index contributed by atoms with van der Waals surface area (Å²) in [5, 5.41) is 22.6. The number of carbonyl (C=O) groups excluding carboxylic acids is 3. The number of aliphatic hydroxyl groups excluding tert-OH is 1. The zero-order valence-corrected chi connectivity index (χ0v) is 16.9. The molecule has 0 amide bonds. The summed E-state index contributed by atoms with van der Waals surface area (Å²) in [6.07, 6.45) is 4.35. The summed E-state index contributed by atoms with van der Waals surface area (Å²) >= 11 is 0. The Labute approximate surface area is 168 Å². The van der Waals surface area contributed by atoms with E-state index in [1.165, 1.54) is 12.2 Å². The summed E-state index contributed by atoms with van der Waals surface area (Å²) in [6, 6.07) is 0. The van der Waals surface area contributed by atoms with Crippen LogP contribution in [0.2, 0.25) is 0 Å². The highest BCUT2D eigenvalue weighted by Crippen LogP contribution is 2.67. The van der Waals surface area contributed by atoms with E-state index in [9.17, 15) is 29.0 Å². The number of Topliss-reactive ketones (excluding diaryl/α,β-unsaturated/α-hetero) is 1. The van der Waals surface area contributed by atoms with E-state index in [1.807, 2.05) is 6.92 Å². The van der Waals surface area contributed by atoms with Gasteiger partial charge in [-0.1, -0.05) is 26.8 Å². The fourth-order valence-corrected chi connectivity index (χ4v) is 7.10. The lowest BCUT2D eigenvalue weighted by Crippen LogP contribution is -2.63. The van der Waals surface area contributed by atoms with Crippen molar-refractivity contribution in [3.63, 3.8) is 0 Å². The number of carbonyl (C=O) groups is 3. The lowest BCUT2D eigenvalue weighted by atomic mass is 9.46. The van der Waals surface area contributed by atoms with Crippen LogP contribution in [0.1, 0.15) is 40.0 Å². The van der Waals surface area contributed by atoms with Gasteiger partial charge in [-0.3, -0.25) is 9.59 Å². The fourth-order valence-electron chi connectivity index (χ4n) is 7.10. The third kappa shape index (κ3) is 2.43. The first-order valence-corrected chi connectivity index (χ1v) is 10.1. The van der Waals surface area contributed by atoms with Crippen LogP contribution in [0.15, 0.2) is 23.8 Å². The van der Waals surface area contributed by atoms with Crippen LogP contribution in [-0.2, 0) is 19.1 Å². The molecule has 6 nitrogen and oxygen atoms in total. The van der Waals surface area contributed by atoms with Gasteiger partial charge in [0.1, 0.15) is 0 Å². The van der Waals surface area contributed by atoms with Crippen molar-refractivity contribution in [3.8, 4) is 0 Å². The molecule has 2 N–H and O–H groups in total. The zero-order valence-electron chi connectivity index (χ0n) is 16.9. The van der Waals surface area contributed by atoms with Crippen molar-refractivity contribution in [2.24, 2.45) is 34.5 Å². The molecule has 4 aliphatic rings. The van der Waals surface area contributed by atoms with Gasteiger partial charge in [-0.25, -0.2) is 9.18 Å².